The van der Waals surface area contributed by atoms with Crippen molar-refractivity contribution >= 4 is 17.4 Å². The minimum Gasteiger partial charge on any atom is -0.456 e. The Morgan fingerprint density at radius 1 is 1.41 bits per heavy atom. The second kappa shape index (κ2) is 6.44. The quantitative estimate of drug-likeness (QED) is 0.806. The molecule has 0 bridgehead atoms. The molecule has 1 aromatic heterocycles. The Balaban J connectivity index is 2.45. The predicted octanol–water partition coefficient (Wildman–Crippen LogP) is 2.94. The Kier molecular flexibility index (Phi) is 5.52. The van der Waals surface area contributed by atoms with Crippen LogP contribution in [0, 0.1) is 0 Å². The van der Waals surface area contributed by atoms with E-state index in [-0.39, 0.29) is 6.04 Å². The van der Waals surface area contributed by atoms with Crippen molar-refractivity contribution < 1.29 is 4.12 Å². The molecule has 95 valence electrons. The molecule has 1 aromatic rings. The van der Waals surface area contributed by atoms with Gasteiger partial charge in [0, 0.05) is 12.2 Å². The van der Waals surface area contributed by atoms with E-state index in [1.54, 1.807) is 6.20 Å². The lowest BCUT2D eigenvalue weighted by Crippen LogP contribution is -2.35. The molecule has 1 rings (SSSR count). The Morgan fingerprint density at radius 2 is 2.12 bits per heavy atom. The lowest BCUT2D eigenvalue weighted by molar-refractivity contribution is 0.553. The second-order valence-electron chi connectivity index (χ2n) is 5.17. The topological polar surface area (TPSA) is 48.1 Å². The summed E-state index contributed by atoms with van der Waals surface area (Å²) in [5.41, 5.74) is 7.13. The molecule has 0 spiro atoms. The molecule has 5 heteroatoms. The molecule has 0 aliphatic heterocycles. The number of rotatable bonds is 6. The fourth-order valence-electron chi connectivity index (χ4n) is 1.85. The van der Waals surface area contributed by atoms with Crippen molar-refractivity contribution in [1.29, 1.82) is 0 Å². The first-order valence-corrected chi connectivity index (χ1v) is 11.6. The summed E-state index contributed by atoms with van der Waals surface area (Å²) < 4.78 is 6.09. The summed E-state index contributed by atoms with van der Waals surface area (Å²) in [6.45, 7) is 8.93. The van der Waals surface area contributed by atoms with Crippen LogP contribution in [0.4, 0.5) is 0 Å². The van der Waals surface area contributed by atoms with E-state index < -0.39 is 17.4 Å². The van der Waals surface area contributed by atoms with Crippen molar-refractivity contribution in [2.75, 3.05) is 0 Å². The van der Waals surface area contributed by atoms with Crippen LogP contribution in [-0.2, 0) is 4.12 Å². The van der Waals surface area contributed by atoms with Gasteiger partial charge in [-0.3, -0.25) is 4.98 Å². The normalized spacial score (nSPS) is 14.0. The zero-order chi connectivity index (χ0) is 12.9. The van der Waals surface area contributed by atoms with E-state index in [2.05, 4.69) is 31.2 Å². The van der Waals surface area contributed by atoms with Gasteiger partial charge in [-0.25, -0.2) is 0 Å². The number of hydrogen-bond donors (Lipinski definition) is 1. The predicted molar refractivity (Wildman–Crippen MR) is 76.6 cm³/mol. The Bertz CT molecular complexity index is 331. The average Bonchev–Trinajstić information content (AvgIpc) is 2.25. The van der Waals surface area contributed by atoms with Crippen molar-refractivity contribution in [2.24, 2.45) is 5.73 Å². The maximum absolute atomic E-state index is 6.15. The fourth-order valence-corrected chi connectivity index (χ4v) is 7.69. The van der Waals surface area contributed by atoms with Crippen molar-refractivity contribution in [1.82, 2.24) is 4.98 Å². The first-order valence-electron chi connectivity index (χ1n) is 6.06. The first-order chi connectivity index (χ1) is 7.91. The largest absolute Gasteiger partial charge is 0.456 e. The number of pyridine rings is 1. The van der Waals surface area contributed by atoms with Gasteiger partial charge in [0.2, 0.25) is 0 Å². The van der Waals surface area contributed by atoms with Crippen LogP contribution in [0.25, 0.3) is 0 Å². The second-order valence-corrected chi connectivity index (χ2v) is 11.8. The van der Waals surface area contributed by atoms with Crippen LogP contribution in [0.5, 0.6) is 0 Å². The van der Waals surface area contributed by atoms with Gasteiger partial charge in [0.05, 0.1) is 5.69 Å². The smallest absolute Gasteiger partial charge is 0.191 e. The molecule has 17 heavy (non-hydrogen) atoms. The highest BCUT2D eigenvalue weighted by Gasteiger charge is 2.24. The molecule has 3 nitrogen and oxygen atoms in total. The van der Waals surface area contributed by atoms with Gasteiger partial charge in [-0.15, -0.1) is 0 Å². The van der Waals surface area contributed by atoms with E-state index >= 15 is 0 Å². The average molecular weight is 268 g/mol. The van der Waals surface area contributed by atoms with Crippen molar-refractivity contribution in [2.45, 2.75) is 44.7 Å². The van der Waals surface area contributed by atoms with Gasteiger partial charge < -0.3 is 9.85 Å². The fraction of sp³-hybridized carbons (Fsp3) is 0.583. The number of nitrogens with two attached hydrogens (primary N) is 1. The zero-order valence-corrected chi connectivity index (χ0v) is 13.2. The third-order valence-corrected chi connectivity index (χ3v) is 7.94. The number of nitrogens with zero attached hydrogens (tertiary/aromatic N) is 1. The van der Waals surface area contributed by atoms with Crippen LogP contribution in [-0.4, -0.2) is 22.3 Å². The molecule has 0 aliphatic rings. The highest BCUT2D eigenvalue weighted by molar-refractivity contribution is 6.77. The lowest BCUT2D eigenvalue weighted by Gasteiger charge is -2.26. The standard InChI is InChI=1S/C12H23N2OSi2/c1-16(2)15-17(3,4)10-8-11(13)12-7-5-6-9-14-12/h5-7,9,11H,8,10,13H2,1-4H3. The molecular formula is C12H23N2OSi2. The van der Waals surface area contributed by atoms with Crippen LogP contribution >= 0.6 is 0 Å². The molecule has 1 unspecified atom stereocenters. The van der Waals surface area contributed by atoms with E-state index in [0.29, 0.717) is 0 Å². The lowest BCUT2D eigenvalue weighted by atomic mass is 10.1. The maximum Gasteiger partial charge on any atom is 0.191 e. The molecular weight excluding hydrogens is 244 g/mol. The molecule has 0 fully saturated rings. The van der Waals surface area contributed by atoms with Gasteiger partial charge in [-0.1, -0.05) is 6.07 Å². The summed E-state index contributed by atoms with van der Waals surface area (Å²) in [4.78, 5) is 4.30. The van der Waals surface area contributed by atoms with Gasteiger partial charge in [0.1, 0.15) is 0 Å². The molecule has 0 saturated heterocycles. The van der Waals surface area contributed by atoms with E-state index in [9.17, 15) is 0 Å². The Hall–Kier alpha value is -0.496. The Morgan fingerprint density at radius 3 is 2.65 bits per heavy atom. The third-order valence-electron chi connectivity index (χ3n) is 2.61. The zero-order valence-electron chi connectivity index (χ0n) is 11.2. The molecule has 0 amide bonds. The van der Waals surface area contributed by atoms with Crippen LogP contribution < -0.4 is 5.73 Å². The van der Waals surface area contributed by atoms with Gasteiger partial charge >= 0.3 is 0 Å². The summed E-state index contributed by atoms with van der Waals surface area (Å²) in [6, 6.07) is 7.03. The molecule has 0 aliphatic carbocycles. The molecule has 0 aromatic carbocycles. The summed E-state index contributed by atoms with van der Waals surface area (Å²) in [5, 5.41) is 0. The van der Waals surface area contributed by atoms with Crippen LogP contribution in [0.3, 0.4) is 0 Å². The minimum atomic E-state index is -1.52. The Labute approximate surface area is 107 Å². The van der Waals surface area contributed by atoms with Crippen molar-refractivity contribution in [3.63, 3.8) is 0 Å². The van der Waals surface area contributed by atoms with Crippen LogP contribution in [0.15, 0.2) is 24.4 Å². The highest BCUT2D eigenvalue weighted by atomic mass is 28.4. The maximum atomic E-state index is 6.15. The summed E-state index contributed by atoms with van der Waals surface area (Å²) in [7, 11) is -2.12. The molecule has 1 heterocycles. The van der Waals surface area contributed by atoms with Gasteiger partial charge in [-0.2, -0.15) is 0 Å². The van der Waals surface area contributed by atoms with E-state index in [1.165, 1.54) is 0 Å². The third kappa shape index (κ3) is 5.58. The molecule has 1 radical (unpaired) electrons. The molecule has 1 atom stereocenters. The van der Waals surface area contributed by atoms with Crippen LogP contribution in [0.1, 0.15) is 18.2 Å². The molecule has 0 saturated carbocycles. The summed E-state index contributed by atoms with van der Waals surface area (Å²) in [6.07, 6.45) is 2.76. The van der Waals surface area contributed by atoms with Crippen molar-refractivity contribution in [3.8, 4) is 0 Å². The van der Waals surface area contributed by atoms with Gasteiger partial charge in [0.15, 0.2) is 17.4 Å². The minimum absolute atomic E-state index is 0.0379. The summed E-state index contributed by atoms with van der Waals surface area (Å²) >= 11 is 0. The van der Waals surface area contributed by atoms with E-state index in [0.717, 1.165) is 18.2 Å². The molecule has 2 N–H and O–H groups in total. The van der Waals surface area contributed by atoms with Crippen LogP contribution in [0.2, 0.25) is 32.2 Å². The van der Waals surface area contributed by atoms with Gasteiger partial charge in [-0.05, 0) is 50.8 Å². The van der Waals surface area contributed by atoms with Gasteiger partial charge in [0.25, 0.3) is 0 Å². The first kappa shape index (κ1) is 14.6. The van der Waals surface area contributed by atoms with Crippen molar-refractivity contribution in [3.05, 3.63) is 30.1 Å². The monoisotopic (exact) mass is 267 g/mol. The van der Waals surface area contributed by atoms with E-state index in [1.807, 2.05) is 18.2 Å². The number of hydrogen-bond acceptors (Lipinski definition) is 3. The van der Waals surface area contributed by atoms with E-state index in [4.69, 9.17) is 9.85 Å². The summed E-state index contributed by atoms with van der Waals surface area (Å²) in [5.74, 6) is 0. The highest BCUT2D eigenvalue weighted by Crippen LogP contribution is 2.21. The SMILES string of the molecule is C[Si](C)O[Si](C)(C)CCC(N)c1ccccn1. The number of aromatic nitrogens is 1.